The Labute approximate surface area is 357 Å². The SMILES string of the molecule is c1ccc(-n2c3ccccc3c3cc(-c4ccc5c(c4)c4ccccc4n5-c4ccc(-c5ccc6c(c5)-c5cc7ccccc7c7cccc-6c57)c5ccccc45)ccc32)cc1. The summed E-state index contributed by atoms with van der Waals surface area (Å²) in [5, 5.41) is 12.8. The van der Waals surface area contributed by atoms with Gasteiger partial charge in [0.1, 0.15) is 0 Å². The van der Waals surface area contributed by atoms with Gasteiger partial charge in [0, 0.05) is 32.6 Å². The molecule has 0 N–H and O–H groups in total. The second-order valence-electron chi connectivity index (χ2n) is 16.8. The third-order valence-corrected chi connectivity index (χ3v) is 13.6. The van der Waals surface area contributed by atoms with Gasteiger partial charge in [0.05, 0.1) is 27.8 Å². The molecule has 2 aromatic heterocycles. The van der Waals surface area contributed by atoms with Crippen LogP contribution >= 0.6 is 0 Å². The summed E-state index contributed by atoms with van der Waals surface area (Å²) in [4.78, 5) is 0. The predicted octanol–water partition coefficient (Wildman–Crippen LogP) is 16.3. The summed E-state index contributed by atoms with van der Waals surface area (Å²) in [6.45, 7) is 0. The first-order chi connectivity index (χ1) is 30.8. The van der Waals surface area contributed by atoms with Gasteiger partial charge < -0.3 is 9.13 Å². The molecule has 0 spiro atoms. The third kappa shape index (κ3) is 4.64. The molecular weight excluding hydrogens is 749 g/mol. The average molecular weight is 785 g/mol. The molecule has 2 heteroatoms. The van der Waals surface area contributed by atoms with Gasteiger partial charge >= 0.3 is 0 Å². The van der Waals surface area contributed by atoms with Gasteiger partial charge in [-0.3, -0.25) is 0 Å². The van der Waals surface area contributed by atoms with Gasteiger partial charge in [-0.25, -0.2) is 0 Å². The van der Waals surface area contributed by atoms with Crippen LogP contribution in [0.2, 0.25) is 0 Å². The molecule has 1 aliphatic rings. The minimum absolute atomic E-state index is 1.17. The fourth-order valence-corrected chi connectivity index (χ4v) is 10.9. The van der Waals surface area contributed by atoms with Crippen LogP contribution in [0.5, 0.6) is 0 Å². The van der Waals surface area contributed by atoms with Crippen LogP contribution in [0.1, 0.15) is 0 Å². The van der Waals surface area contributed by atoms with Crippen molar-refractivity contribution in [2.24, 2.45) is 0 Å². The minimum atomic E-state index is 1.17. The topological polar surface area (TPSA) is 9.86 Å². The number of fused-ring (bicyclic) bond motifs is 12. The van der Waals surface area contributed by atoms with Gasteiger partial charge in [0.15, 0.2) is 0 Å². The number of rotatable bonds is 4. The van der Waals surface area contributed by atoms with Crippen molar-refractivity contribution in [2.45, 2.75) is 0 Å². The summed E-state index contributed by atoms with van der Waals surface area (Å²) < 4.78 is 4.86. The Morgan fingerprint density at radius 2 is 0.806 bits per heavy atom. The van der Waals surface area contributed by atoms with Crippen molar-refractivity contribution >= 4 is 75.9 Å². The maximum Gasteiger partial charge on any atom is 0.0541 e. The summed E-state index contributed by atoms with van der Waals surface area (Å²) in [7, 11) is 0. The molecule has 286 valence electrons. The highest BCUT2D eigenvalue weighted by atomic mass is 15.0. The van der Waals surface area contributed by atoms with Crippen molar-refractivity contribution in [3.8, 4) is 55.9 Å². The van der Waals surface area contributed by atoms with Gasteiger partial charge in [-0.05, 0) is 138 Å². The van der Waals surface area contributed by atoms with Crippen molar-refractivity contribution < 1.29 is 0 Å². The van der Waals surface area contributed by atoms with E-state index in [4.69, 9.17) is 0 Å². The highest BCUT2D eigenvalue weighted by molar-refractivity contribution is 6.24. The molecule has 0 saturated heterocycles. The van der Waals surface area contributed by atoms with Gasteiger partial charge in [0.2, 0.25) is 0 Å². The van der Waals surface area contributed by atoms with Gasteiger partial charge in [0.25, 0.3) is 0 Å². The highest BCUT2D eigenvalue weighted by Gasteiger charge is 2.24. The Balaban J connectivity index is 0.918. The Bertz CT molecular complexity index is 4030. The molecule has 0 bridgehead atoms. The summed E-state index contributed by atoms with van der Waals surface area (Å²) in [6, 6.07) is 81.0. The van der Waals surface area contributed by atoms with Crippen molar-refractivity contribution in [1.82, 2.24) is 9.13 Å². The van der Waals surface area contributed by atoms with E-state index in [1.807, 2.05) is 0 Å². The molecule has 62 heavy (non-hydrogen) atoms. The van der Waals surface area contributed by atoms with Gasteiger partial charge in [-0.15, -0.1) is 0 Å². The van der Waals surface area contributed by atoms with E-state index in [9.17, 15) is 0 Å². The number of aromatic nitrogens is 2. The molecule has 14 rings (SSSR count). The van der Waals surface area contributed by atoms with Gasteiger partial charge in [-0.1, -0.05) is 152 Å². The number of hydrogen-bond acceptors (Lipinski definition) is 0. The van der Waals surface area contributed by atoms with E-state index in [2.05, 4.69) is 228 Å². The summed E-state index contributed by atoms with van der Waals surface area (Å²) in [6.07, 6.45) is 0. The first-order valence-electron chi connectivity index (χ1n) is 21.5. The van der Waals surface area contributed by atoms with Crippen molar-refractivity contribution in [1.29, 1.82) is 0 Å². The minimum Gasteiger partial charge on any atom is -0.309 e. The Hall–Kier alpha value is -8.20. The van der Waals surface area contributed by atoms with E-state index in [0.717, 1.165) is 0 Å². The normalized spacial score (nSPS) is 12.2. The number of nitrogens with zero attached hydrogens (tertiary/aromatic N) is 2. The van der Waals surface area contributed by atoms with Crippen LogP contribution in [0, 0.1) is 0 Å². The second kappa shape index (κ2) is 12.7. The van der Waals surface area contributed by atoms with Gasteiger partial charge in [-0.2, -0.15) is 0 Å². The van der Waals surface area contributed by atoms with E-state index in [1.54, 1.807) is 0 Å². The van der Waals surface area contributed by atoms with E-state index in [-0.39, 0.29) is 0 Å². The smallest absolute Gasteiger partial charge is 0.0541 e. The van der Waals surface area contributed by atoms with Crippen LogP contribution in [-0.4, -0.2) is 9.13 Å². The molecule has 1 aliphatic carbocycles. The molecule has 11 aromatic carbocycles. The fourth-order valence-electron chi connectivity index (χ4n) is 10.9. The lowest BCUT2D eigenvalue weighted by molar-refractivity contribution is 1.18. The zero-order valence-corrected chi connectivity index (χ0v) is 33.7. The maximum atomic E-state index is 2.47. The summed E-state index contributed by atoms with van der Waals surface area (Å²) >= 11 is 0. The molecule has 0 saturated carbocycles. The Morgan fingerprint density at radius 1 is 0.242 bits per heavy atom. The van der Waals surface area contributed by atoms with Crippen molar-refractivity contribution in [2.75, 3.05) is 0 Å². The molecule has 0 fully saturated rings. The Morgan fingerprint density at radius 3 is 1.56 bits per heavy atom. The quantitative estimate of drug-likeness (QED) is 0.157. The van der Waals surface area contributed by atoms with Crippen LogP contribution in [0.25, 0.3) is 132 Å². The molecular formula is C60H36N2. The summed E-state index contributed by atoms with van der Waals surface area (Å²) in [5.41, 5.74) is 17.4. The number of hydrogen-bond donors (Lipinski definition) is 0. The zero-order chi connectivity index (χ0) is 40.5. The van der Waals surface area contributed by atoms with Crippen LogP contribution in [-0.2, 0) is 0 Å². The number of benzene rings is 11. The zero-order valence-electron chi connectivity index (χ0n) is 33.7. The molecule has 0 unspecified atom stereocenters. The molecule has 2 heterocycles. The lowest BCUT2D eigenvalue weighted by atomic mass is 9.93. The van der Waals surface area contributed by atoms with E-state index < -0.39 is 0 Å². The Kier molecular flexibility index (Phi) is 6.86. The monoisotopic (exact) mass is 784 g/mol. The molecule has 0 aliphatic heterocycles. The molecule has 0 amide bonds. The molecule has 13 aromatic rings. The van der Waals surface area contributed by atoms with E-state index >= 15 is 0 Å². The summed E-state index contributed by atoms with van der Waals surface area (Å²) in [5.74, 6) is 0. The van der Waals surface area contributed by atoms with Crippen LogP contribution in [0.4, 0.5) is 0 Å². The van der Waals surface area contributed by atoms with E-state index in [0.29, 0.717) is 0 Å². The third-order valence-electron chi connectivity index (χ3n) is 13.6. The standard InChI is InChI=1S/C60H36N2/c1-2-14-41(15-3-1)61-55-23-10-8-19-47(55)52-33-37(26-30-58(52)61)38-27-31-59-53(34-38)48-20-9-11-24-56(48)62(59)57-32-29-43(44-17-6-7-18-46(44)57)40-25-28-45-50-22-12-21-49-42-16-5-4-13-39(42)36-54(60(49)50)51(45)35-40/h1-36H. The molecule has 0 radical (unpaired) electrons. The highest BCUT2D eigenvalue weighted by Crippen LogP contribution is 2.51. The first-order valence-corrected chi connectivity index (χ1v) is 21.5. The second-order valence-corrected chi connectivity index (χ2v) is 16.8. The van der Waals surface area contributed by atoms with Crippen LogP contribution in [0.15, 0.2) is 218 Å². The lowest BCUT2D eigenvalue weighted by Gasteiger charge is -2.16. The first kappa shape index (κ1) is 33.6. The largest absolute Gasteiger partial charge is 0.309 e. The van der Waals surface area contributed by atoms with Crippen LogP contribution in [0.3, 0.4) is 0 Å². The molecule has 2 nitrogen and oxygen atoms in total. The maximum absolute atomic E-state index is 2.47. The number of para-hydroxylation sites is 3. The predicted molar refractivity (Wildman–Crippen MR) is 263 cm³/mol. The van der Waals surface area contributed by atoms with Crippen LogP contribution < -0.4 is 0 Å². The lowest BCUT2D eigenvalue weighted by Crippen LogP contribution is -1.96. The van der Waals surface area contributed by atoms with Crippen molar-refractivity contribution in [3.05, 3.63) is 218 Å². The van der Waals surface area contributed by atoms with E-state index in [1.165, 1.54) is 132 Å². The average Bonchev–Trinajstić information content (AvgIpc) is 3.97. The van der Waals surface area contributed by atoms with Crippen molar-refractivity contribution in [3.63, 3.8) is 0 Å². The fraction of sp³-hybridized carbons (Fsp3) is 0. The molecule has 0 atom stereocenters.